The van der Waals surface area contributed by atoms with Gasteiger partial charge in [-0.3, -0.25) is 0 Å². The topological polar surface area (TPSA) is 0 Å². The van der Waals surface area contributed by atoms with Crippen LogP contribution < -0.4 is 0 Å². The van der Waals surface area contributed by atoms with Gasteiger partial charge < -0.3 is 0 Å². The molecule has 9 rings (SSSR count). The molecular formula is C46H34S2. The van der Waals surface area contributed by atoms with E-state index >= 15 is 0 Å². The lowest BCUT2D eigenvalue weighted by Gasteiger charge is -2.19. The van der Waals surface area contributed by atoms with Crippen molar-refractivity contribution in [1.82, 2.24) is 0 Å². The predicted octanol–water partition coefficient (Wildman–Crippen LogP) is 14.0. The van der Waals surface area contributed by atoms with Gasteiger partial charge in [-0.2, -0.15) is 0 Å². The van der Waals surface area contributed by atoms with Crippen molar-refractivity contribution in [2.45, 2.75) is 31.1 Å². The molecule has 6 aromatic carbocycles. The molecule has 0 amide bonds. The maximum atomic E-state index is 2.43. The van der Waals surface area contributed by atoms with Crippen LogP contribution in [0.1, 0.15) is 36.5 Å². The summed E-state index contributed by atoms with van der Waals surface area (Å²) in [6, 6.07) is 36.4. The zero-order chi connectivity index (χ0) is 32.0. The van der Waals surface area contributed by atoms with E-state index in [4.69, 9.17) is 0 Å². The minimum Gasteiger partial charge on any atom is -0.135 e. The van der Waals surface area contributed by atoms with Crippen molar-refractivity contribution in [3.8, 4) is 0 Å². The summed E-state index contributed by atoms with van der Waals surface area (Å²) in [4.78, 5) is 2.79. The molecule has 0 atom stereocenters. The first-order valence-electron chi connectivity index (χ1n) is 16.8. The Hall–Kier alpha value is -4.89. The Balaban J connectivity index is 1.11. The number of allylic oxidation sites excluding steroid dienone is 12. The Kier molecular flexibility index (Phi) is 7.49. The van der Waals surface area contributed by atoms with Crippen LogP contribution in [0.5, 0.6) is 0 Å². The molecule has 0 saturated carbocycles. The SMILES string of the molecule is C/C(=C\C=C1/Cc2cc3cc4c(cc3cc2S1)sc1ccccc14)c1c2ccccc2c(/C2=C/C=C\C/C=C\C=C/C2)c2ccccc12. The van der Waals surface area contributed by atoms with E-state index in [1.165, 1.54) is 90.1 Å². The fraction of sp³-hybridized carbons (Fsp3) is 0.0870. The van der Waals surface area contributed by atoms with Gasteiger partial charge in [0, 0.05) is 31.5 Å². The van der Waals surface area contributed by atoms with Crippen molar-refractivity contribution in [1.29, 1.82) is 0 Å². The average molecular weight is 651 g/mol. The lowest BCUT2D eigenvalue weighted by Crippen LogP contribution is -1.95. The molecule has 1 aliphatic heterocycles. The number of hydrogen-bond acceptors (Lipinski definition) is 2. The molecule has 0 N–H and O–H groups in total. The maximum absolute atomic E-state index is 2.43. The molecule has 0 radical (unpaired) electrons. The van der Waals surface area contributed by atoms with Gasteiger partial charge >= 0.3 is 0 Å². The van der Waals surface area contributed by atoms with E-state index in [-0.39, 0.29) is 0 Å². The summed E-state index contributed by atoms with van der Waals surface area (Å²) < 4.78 is 2.73. The molecular weight excluding hydrogens is 617 g/mol. The molecule has 230 valence electrons. The average Bonchev–Trinajstić information content (AvgIpc) is 3.69. The molecule has 2 aliphatic rings. The van der Waals surface area contributed by atoms with Crippen molar-refractivity contribution in [3.05, 3.63) is 173 Å². The maximum Gasteiger partial charge on any atom is 0.0361 e. The standard InChI is InChI=1S/C46H34S2/c1-30(23-24-35-26-34-25-32-27-41-36-17-13-14-22-42(36)48-44(41)29-33(32)28-43(34)47-35)45-37-18-9-11-20-39(37)46(40-21-12-10-19-38(40)45)31-15-7-5-3-2-4-6-8-16-31/h2-3,5-14,16-25,27-29H,4,15,26H2,1H3/b3-2-,7-5-,8-6-,30-23+,31-16+,35-24+. The lowest BCUT2D eigenvalue weighted by atomic mass is 9.85. The van der Waals surface area contributed by atoms with Gasteiger partial charge in [-0.05, 0) is 115 Å². The number of fused-ring (bicyclic) bond motifs is 7. The minimum atomic E-state index is 0.893. The normalized spacial score (nSPS) is 19.2. The van der Waals surface area contributed by atoms with Crippen LogP contribution in [-0.4, -0.2) is 0 Å². The third kappa shape index (κ3) is 5.17. The molecule has 0 nitrogen and oxygen atoms in total. The molecule has 0 fully saturated rings. The highest BCUT2D eigenvalue weighted by atomic mass is 32.2. The highest BCUT2D eigenvalue weighted by molar-refractivity contribution is 8.03. The van der Waals surface area contributed by atoms with Gasteiger partial charge in [0.25, 0.3) is 0 Å². The van der Waals surface area contributed by atoms with Crippen molar-refractivity contribution >= 4 is 86.7 Å². The number of benzene rings is 6. The molecule has 0 saturated heterocycles. The van der Waals surface area contributed by atoms with Gasteiger partial charge in [0.1, 0.15) is 0 Å². The van der Waals surface area contributed by atoms with Crippen LogP contribution in [0.4, 0.5) is 0 Å². The Morgan fingerprint density at radius 3 is 2.15 bits per heavy atom. The predicted molar refractivity (Wildman–Crippen MR) is 214 cm³/mol. The van der Waals surface area contributed by atoms with E-state index in [1.54, 1.807) is 0 Å². The van der Waals surface area contributed by atoms with Crippen molar-refractivity contribution in [2.24, 2.45) is 0 Å². The lowest BCUT2D eigenvalue weighted by molar-refractivity contribution is 1.22. The largest absolute Gasteiger partial charge is 0.135 e. The van der Waals surface area contributed by atoms with Gasteiger partial charge in [0.05, 0.1) is 0 Å². The number of hydrogen-bond donors (Lipinski definition) is 0. The Bertz CT molecular complexity index is 2560. The molecule has 1 aliphatic carbocycles. The van der Waals surface area contributed by atoms with Crippen molar-refractivity contribution in [3.63, 3.8) is 0 Å². The summed E-state index contributed by atoms with van der Waals surface area (Å²) in [6.07, 6.45) is 23.1. The van der Waals surface area contributed by atoms with E-state index in [0.29, 0.717) is 0 Å². The van der Waals surface area contributed by atoms with Crippen LogP contribution in [0.2, 0.25) is 0 Å². The van der Waals surface area contributed by atoms with Gasteiger partial charge in [0.15, 0.2) is 0 Å². The second-order valence-electron chi connectivity index (χ2n) is 12.8. The first-order chi connectivity index (χ1) is 23.7. The van der Waals surface area contributed by atoms with Crippen LogP contribution in [0.25, 0.3) is 63.6 Å². The minimum absolute atomic E-state index is 0.893. The zero-order valence-electron chi connectivity index (χ0n) is 26.9. The second kappa shape index (κ2) is 12.3. The van der Waals surface area contributed by atoms with Crippen LogP contribution >= 0.6 is 23.1 Å². The fourth-order valence-electron chi connectivity index (χ4n) is 7.46. The first kappa shape index (κ1) is 29.3. The molecule has 2 heteroatoms. The quantitative estimate of drug-likeness (QED) is 0.172. The molecule has 0 unspecified atom stereocenters. The van der Waals surface area contributed by atoms with Crippen LogP contribution in [0.3, 0.4) is 0 Å². The van der Waals surface area contributed by atoms with E-state index in [1.807, 2.05) is 23.1 Å². The highest BCUT2D eigenvalue weighted by Crippen LogP contribution is 2.45. The van der Waals surface area contributed by atoms with Gasteiger partial charge in [-0.15, -0.1) is 11.3 Å². The van der Waals surface area contributed by atoms with E-state index in [9.17, 15) is 0 Å². The Morgan fingerprint density at radius 2 is 1.33 bits per heavy atom. The molecule has 7 aromatic rings. The fourth-order valence-corrected chi connectivity index (χ4v) is 9.69. The Morgan fingerprint density at radius 1 is 0.646 bits per heavy atom. The molecule has 2 heterocycles. The monoisotopic (exact) mass is 650 g/mol. The van der Waals surface area contributed by atoms with E-state index in [2.05, 4.69) is 159 Å². The van der Waals surface area contributed by atoms with Crippen molar-refractivity contribution < 1.29 is 0 Å². The van der Waals surface area contributed by atoms with Gasteiger partial charge in [0.2, 0.25) is 0 Å². The molecule has 1 aromatic heterocycles. The van der Waals surface area contributed by atoms with Gasteiger partial charge in [-0.25, -0.2) is 0 Å². The van der Waals surface area contributed by atoms with E-state index in [0.717, 1.165) is 19.3 Å². The number of thioether (sulfide) groups is 1. The smallest absolute Gasteiger partial charge is 0.0361 e. The van der Waals surface area contributed by atoms with Crippen LogP contribution in [-0.2, 0) is 6.42 Å². The first-order valence-corrected chi connectivity index (χ1v) is 18.4. The zero-order valence-corrected chi connectivity index (χ0v) is 28.5. The summed E-state index contributed by atoms with van der Waals surface area (Å²) >= 11 is 3.82. The van der Waals surface area contributed by atoms with Gasteiger partial charge in [-0.1, -0.05) is 133 Å². The molecule has 0 spiro atoms. The van der Waals surface area contributed by atoms with Crippen LogP contribution in [0, 0.1) is 0 Å². The summed E-state index contributed by atoms with van der Waals surface area (Å²) in [5.41, 5.74) is 6.74. The Labute approximate surface area is 289 Å². The van der Waals surface area contributed by atoms with Crippen LogP contribution in [0.15, 0.2) is 162 Å². The second-order valence-corrected chi connectivity index (χ2v) is 15.0. The third-order valence-electron chi connectivity index (χ3n) is 9.71. The molecule has 48 heavy (non-hydrogen) atoms. The highest BCUT2D eigenvalue weighted by Gasteiger charge is 2.19. The number of thiophene rings is 1. The summed E-state index contributed by atoms with van der Waals surface area (Å²) in [5, 5.41) is 10.7. The number of rotatable bonds is 3. The van der Waals surface area contributed by atoms with E-state index < -0.39 is 0 Å². The summed E-state index contributed by atoms with van der Waals surface area (Å²) in [5.74, 6) is 0. The summed E-state index contributed by atoms with van der Waals surface area (Å²) in [7, 11) is 0. The van der Waals surface area contributed by atoms with Crippen molar-refractivity contribution in [2.75, 3.05) is 0 Å². The molecule has 0 bridgehead atoms. The third-order valence-corrected chi connectivity index (χ3v) is 12.0. The summed E-state index contributed by atoms with van der Waals surface area (Å²) in [6.45, 7) is 2.28.